The summed E-state index contributed by atoms with van der Waals surface area (Å²) in [6.45, 7) is 5.48. The van der Waals surface area contributed by atoms with Gasteiger partial charge in [-0.25, -0.2) is 9.59 Å². The van der Waals surface area contributed by atoms with E-state index in [-0.39, 0.29) is 18.8 Å². The molecule has 0 fully saturated rings. The molecule has 0 rings (SSSR count). The van der Waals surface area contributed by atoms with Crippen LogP contribution in [0, 0.1) is 5.92 Å². The van der Waals surface area contributed by atoms with Gasteiger partial charge in [0.25, 0.3) is 0 Å². The first-order chi connectivity index (χ1) is 8.73. The van der Waals surface area contributed by atoms with Crippen LogP contribution in [0.1, 0.15) is 40.0 Å². The van der Waals surface area contributed by atoms with E-state index in [0.29, 0.717) is 18.6 Å². The van der Waals surface area contributed by atoms with Crippen LogP contribution in [0.3, 0.4) is 0 Å². The summed E-state index contributed by atoms with van der Waals surface area (Å²) in [5, 5.41) is 6.83. The molecule has 6 nitrogen and oxygen atoms in total. The standard InChI is InChI=1S/C12H19O6P/c1-4-12(19(16)17,8-7-9(2)3)18-11(15)6-5-10(13)14/h5-6,9H,4,7-8H2,1-3H3,(H,13,14)/b6-5+. The van der Waals surface area contributed by atoms with Crippen LogP contribution in [0.25, 0.3) is 0 Å². The molecule has 2 atom stereocenters. The molecular formula is C12H19O6P. The fourth-order valence-electron chi connectivity index (χ4n) is 1.43. The average molecular weight is 290 g/mol. The van der Waals surface area contributed by atoms with Crippen LogP contribution in [-0.2, 0) is 18.9 Å². The lowest BCUT2D eigenvalue weighted by Crippen LogP contribution is -2.33. The Labute approximate surface area is 113 Å². The van der Waals surface area contributed by atoms with Crippen molar-refractivity contribution >= 4 is 20.0 Å². The lowest BCUT2D eigenvalue weighted by molar-refractivity contribution is -0.188. The maximum absolute atomic E-state index is 11.4. The summed E-state index contributed by atoms with van der Waals surface area (Å²) in [4.78, 5) is 33.1. The number of carboxylic acids is 1. The zero-order valence-corrected chi connectivity index (χ0v) is 12.2. The van der Waals surface area contributed by atoms with Gasteiger partial charge in [-0.1, -0.05) is 25.3 Å². The molecule has 1 N–H and O–H groups in total. The second-order valence-corrected chi connectivity index (χ2v) is 5.91. The van der Waals surface area contributed by atoms with Crippen LogP contribution in [-0.4, -0.2) is 22.4 Å². The molecule has 0 aromatic carbocycles. The van der Waals surface area contributed by atoms with Gasteiger partial charge in [-0.3, -0.25) is 0 Å². The third-order valence-corrected chi connectivity index (χ3v) is 3.95. The van der Waals surface area contributed by atoms with E-state index in [0.717, 1.165) is 0 Å². The van der Waals surface area contributed by atoms with Gasteiger partial charge in [0, 0.05) is 25.0 Å². The summed E-state index contributed by atoms with van der Waals surface area (Å²) in [5.74, 6) is -1.99. The topological polar surface area (TPSA) is 104 Å². The van der Waals surface area contributed by atoms with Crippen molar-refractivity contribution in [3.63, 3.8) is 0 Å². The summed E-state index contributed by atoms with van der Waals surface area (Å²) in [6.07, 6.45) is 2.24. The van der Waals surface area contributed by atoms with Gasteiger partial charge in [-0.15, -0.1) is 0 Å². The Kier molecular flexibility index (Phi) is 7.49. The number of aliphatic carboxylic acids is 1. The van der Waals surface area contributed by atoms with Gasteiger partial charge in [0.15, 0.2) is 0 Å². The fourth-order valence-corrected chi connectivity index (χ4v) is 2.17. The molecule has 0 spiro atoms. The quantitative estimate of drug-likeness (QED) is 0.415. The van der Waals surface area contributed by atoms with Crippen LogP contribution in [0.5, 0.6) is 0 Å². The molecule has 0 radical (unpaired) electrons. The molecule has 0 aliphatic carbocycles. The first-order valence-corrected chi connectivity index (χ1v) is 7.19. The molecule has 19 heavy (non-hydrogen) atoms. The molecule has 108 valence electrons. The monoisotopic (exact) mass is 290 g/mol. The zero-order valence-electron chi connectivity index (χ0n) is 11.3. The molecule has 2 unspecified atom stereocenters. The minimum absolute atomic E-state index is 0.130. The fraction of sp³-hybridized carbons (Fsp3) is 0.667. The van der Waals surface area contributed by atoms with Crippen molar-refractivity contribution in [2.75, 3.05) is 0 Å². The first kappa shape index (κ1) is 17.7. The smallest absolute Gasteiger partial charge is 0.357 e. The summed E-state index contributed by atoms with van der Waals surface area (Å²) in [7, 11) is -2.96. The van der Waals surface area contributed by atoms with E-state index in [4.69, 9.17) is 9.84 Å². The van der Waals surface area contributed by atoms with Gasteiger partial charge >= 0.3 is 25.3 Å². The maximum Gasteiger partial charge on any atom is 0.357 e. The van der Waals surface area contributed by atoms with Crippen molar-refractivity contribution in [3.8, 4) is 0 Å². The molecule has 0 aromatic heterocycles. The Morgan fingerprint density at radius 2 is 2.00 bits per heavy atom. The second kappa shape index (κ2) is 8.02. The number of esters is 1. The van der Waals surface area contributed by atoms with Crippen LogP contribution in [0.2, 0.25) is 0 Å². The molecule has 0 saturated carbocycles. The Balaban J connectivity index is 4.89. The van der Waals surface area contributed by atoms with E-state index in [1.807, 2.05) is 13.8 Å². The van der Waals surface area contributed by atoms with Crippen LogP contribution in [0.4, 0.5) is 0 Å². The van der Waals surface area contributed by atoms with E-state index in [2.05, 4.69) is 0 Å². The number of carboxylic acid groups (broad SMARTS) is 1. The minimum Gasteiger partial charge on any atom is -0.592 e. The van der Waals surface area contributed by atoms with Crippen LogP contribution in [0.15, 0.2) is 12.2 Å². The van der Waals surface area contributed by atoms with Gasteiger partial charge in [0.05, 0.1) is 0 Å². The largest absolute Gasteiger partial charge is 0.592 e. The highest BCUT2D eigenvalue weighted by atomic mass is 31.1. The molecule has 0 aliphatic rings. The van der Waals surface area contributed by atoms with Crippen molar-refractivity contribution in [2.45, 2.75) is 45.4 Å². The SMILES string of the molecule is CCC(CCC(C)C)(OC(=O)/C=C/C(=O)O)[P+](=O)[O-]. The molecule has 7 heteroatoms. The number of rotatable bonds is 8. The number of carbonyl (C=O) groups is 2. The maximum atomic E-state index is 11.4. The summed E-state index contributed by atoms with van der Waals surface area (Å²) in [5.41, 5.74) is 0. The normalized spacial score (nSPS) is 15.3. The number of ether oxygens (including phenoxy) is 1. The average Bonchev–Trinajstić information content (AvgIpc) is 2.31. The van der Waals surface area contributed by atoms with Gasteiger partial charge in [-0.2, -0.15) is 0 Å². The summed E-state index contributed by atoms with van der Waals surface area (Å²) in [6, 6.07) is 0. The lowest BCUT2D eigenvalue weighted by atomic mass is 10.0. The Hall–Kier alpha value is -1.26. The van der Waals surface area contributed by atoms with E-state index in [9.17, 15) is 19.0 Å². The number of hydrogen-bond acceptors (Lipinski definition) is 5. The van der Waals surface area contributed by atoms with Crippen LogP contribution >= 0.6 is 8.03 Å². The third kappa shape index (κ3) is 6.45. The highest BCUT2D eigenvalue weighted by Crippen LogP contribution is 2.41. The molecule has 0 heterocycles. The molecule has 0 aliphatic heterocycles. The van der Waals surface area contributed by atoms with Gasteiger partial charge in [0.2, 0.25) is 0 Å². The zero-order chi connectivity index (χ0) is 15.1. The number of hydrogen-bond donors (Lipinski definition) is 1. The molecule has 0 bridgehead atoms. The van der Waals surface area contributed by atoms with Crippen molar-refractivity contribution < 1.29 is 28.9 Å². The van der Waals surface area contributed by atoms with E-state index in [1.165, 1.54) is 0 Å². The summed E-state index contributed by atoms with van der Waals surface area (Å²) >= 11 is 0. The van der Waals surface area contributed by atoms with E-state index >= 15 is 0 Å². The predicted molar refractivity (Wildman–Crippen MR) is 67.6 cm³/mol. The predicted octanol–water partition coefficient (Wildman–Crippen LogP) is 1.82. The third-order valence-electron chi connectivity index (χ3n) is 2.65. The molecular weight excluding hydrogens is 271 g/mol. The summed E-state index contributed by atoms with van der Waals surface area (Å²) < 4.78 is 16.3. The highest BCUT2D eigenvalue weighted by molar-refractivity contribution is 7.38. The second-order valence-electron chi connectivity index (χ2n) is 4.58. The van der Waals surface area contributed by atoms with Crippen molar-refractivity contribution in [1.82, 2.24) is 0 Å². The van der Waals surface area contributed by atoms with E-state index in [1.54, 1.807) is 6.92 Å². The minimum atomic E-state index is -2.96. The van der Waals surface area contributed by atoms with Crippen molar-refractivity contribution in [3.05, 3.63) is 12.2 Å². The Bertz CT molecular complexity index is 376. The number of carbonyl (C=O) groups excluding carboxylic acids is 1. The van der Waals surface area contributed by atoms with Crippen molar-refractivity contribution in [1.29, 1.82) is 0 Å². The van der Waals surface area contributed by atoms with Gasteiger partial charge in [-0.05, 0) is 12.3 Å². The van der Waals surface area contributed by atoms with E-state index < -0.39 is 25.3 Å². The Morgan fingerprint density at radius 1 is 1.42 bits per heavy atom. The van der Waals surface area contributed by atoms with Gasteiger partial charge < -0.3 is 14.7 Å². The highest BCUT2D eigenvalue weighted by Gasteiger charge is 2.45. The lowest BCUT2D eigenvalue weighted by Gasteiger charge is -2.24. The van der Waals surface area contributed by atoms with Crippen LogP contribution < -0.4 is 4.89 Å². The van der Waals surface area contributed by atoms with Gasteiger partial charge in [0.1, 0.15) is 0 Å². The Morgan fingerprint density at radius 3 is 2.37 bits per heavy atom. The molecule has 0 aromatic rings. The first-order valence-electron chi connectivity index (χ1n) is 6.02. The molecule has 0 saturated heterocycles. The van der Waals surface area contributed by atoms with Crippen molar-refractivity contribution in [2.24, 2.45) is 5.92 Å². The molecule has 0 amide bonds.